The van der Waals surface area contributed by atoms with Crippen molar-refractivity contribution in [2.24, 2.45) is 0 Å². The number of nitrogens with zero attached hydrogens (tertiary/aromatic N) is 5. The van der Waals surface area contributed by atoms with E-state index < -0.39 is 5.82 Å². The van der Waals surface area contributed by atoms with Crippen LogP contribution in [0.25, 0.3) is 55.8 Å². The van der Waals surface area contributed by atoms with Crippen LogP contribution in [0.5, 0.6) is 0 Å². The van der Waals surface area contributed by atoms with Gasteiger partial charge in [-0.25, -0.2) is 9.37 Å². The monoisotopic (exact) mass is 422 g/mol. The number of rotatable bonds is 3. The Morgan fingerprint density at radius 3 is 2.62 bits per heavy atom. The maximum atomic E-state index is 15.7. The number of fused-ring (bicyclic) bond motifs is 2. The molecule has 6 aromatic rings. The first-order valence-corrected chi connectivity index (χ1v) is 9.82. The van der Waals surface area contributed by atoms with E-state index in [1.807, 2.05) is 18.2 Å². The van der Waals surface area contributed by atoms with E-state index in [0.717, 1.165) is 11.1 Å². The van der Waals surface area contributed by atoms with Gasteiger partial charge in [-0.2, -0.15) is 5.10 Å². The molecule has 5 aromatic heterocycles. The van der Waals surface area contributed by atoms with Crippen molar-refractivity contribution in [3.8, 4) is 33.9 Å². The van der Waals surface area contributed by atoms with E-state index in [9.17, 15) is 0 Å². The predicted octanol–water partition coefficient (Wildman–Crippen LogP) is 4.35. The number of anilines is 1. The molecular formula is C23H15FN8. The number of hydrogen-bond acceptors (Lipinski definition) is 6. The predicted molar refractivity (Wildman–Crippen MR) is 120 cm³/mol. The standard InChI is InChI=1S/C23H15FN8/c24-19-15(13-8-14(25)11-27-10-13)3-4-16-18(19)22(32-31-16)23-29-17-5-7-28-20(21(17)30-23)12-2-1-6-26-9-12/h1-11H,25H2,(H,29,30)(H,31,32). The highest BCUT2D eigenvalue weighted by Crippen LogP contribution is 2.35. The number of nitrogens with one attached hydrogen (secondary N) is 2. The van der Waals surface area contributed by atoms with Crippen molar-refractivity contribution in [1.29, 1.82) is 0 Å². The summed E-state index contributed by atoms with van der Waals surface area (Å²) in [5.41, 5.74) is 11.2. The molecule has 0 bridgehead atoms. The Morgan fingerprint density at radius 2 is 1.78 bits per heavy atom. The van der Waals surface area contributed by atoms with Gasteiger partial charge in [0.05, 0.1) is 27.8 Å². The van der Waals surface area contributed by atoms with Crippen molar-refractivity contribution in [1.82, 2.24) is 35.1 Å². The highest BCUT2D eigenvalue weighted by atomic mass is 19.1. The zero-order valence-electron chi connectivity index (χ0n) is 16.5. The van der Waals surface area contributed by atoms with Crippen LogP contribution in [0.2, 0.25) is 0 Å². The zero-order chi connectivity index (χ0) is 21.7. The minimum Gasteiger partial charge on any atom is -0.397 e. The smallest absolute Gasteiger partial charge is 0.159 e. The van der Waals surface area contributed by atoms with Gasteiger partial charge in [-0.05, 0) is 36.4 Å². The van der Waals surface area contributed by atoms with E-state index in [4.69, 9.17) is 10.7 Å². The molecule has 0 amide bonds. The molecule has 0 radical (unpaired) electrons. The van der Waals surface area contributed by atoms with Gasteiger partial charge in [-0.3, -0.25) is 20.1 Å². The first-order valence-electron chi connectivity index (χ1n) is 9.82. The average molecular weight is 422 g/mol. The van der Waals surface area contributed by atoms with Gasteiger partial charge in [0, 0.05) is 47.7 Å². The fraction of sp³-hybridized carbons (Fsp3) is 0. The molecule has 9 heteroatoms. The summed E-state index contributed by atoms with van der Waals surface area (Å²) < 4.78 is 15.7. The fourth-order valence-corrected chi connectivity index (χ4v) is 3.83. The van der Waals surface area contributed by atoms with E-state index in [1.54, 1.807) is 43.0 Å². The van der Waals surface area contributed by atoms with Crippen molar-refractivity contribution < 1.29 is 4.39 Å². The van der Waals surface area contributed by atoms with Gasteiger partial charge >= 0.3 is 0 Å². The highest BCUT2D eigenvalue weighted by molar-refractivity contribution is 5.98. The van der Waals surface area contributed by atoms with Gasteiger partial charge in [-0.1, -0.05) is 0 Å². The molecule has 1 aromatic carbocycles. The molecule has 0 saturated heterocycles. The van der Waals surface area contributed by atoms with Gasteiger partial charge < -0.3 is 10.7 Å². The molecule has 154 valence electrons. The Kier molecular flexibility index (Phi) is 3.94. The summed E-state index contributed by atoms with van der Waals surface area (Å²) in [6.45, 7) is 0. The topological polar surface area (TPSA) is 122 Å². The first-order chi connectivity index (χ1) is 15.7. The molecule has 0 spiro atoms. The van der Waals surface area contributed by atoms with Crippen LogP contribution < -0.4 is 5.73 Å². The third-order valence-electron chi connectivity index (χ3n) is 5.30. The fourth-order valence-electron chi connectivity index (χ4n) is 3.83. The molecule has 0 atom stereocenters. The second kappa shape index (κ2) is 6.95. The van der Waals surface area contributed by atoms with Crippen LogP contribution in [0.1, 0.15) is 0 Å². The average Bonchev–Trinajstić information content (AvgIpc) is 3.44. The Balaban J connectivity index is 1.55. The molecule has 0 aliphatic carbocycles. The van der Waals surface area contributed by atoms with E-state index >= 15 is 4.39 Å². The Bertz CT molecular complexity index is 1600. The second-order valence-corrected chi connectivity index (χ2v) is 7.31. The van der Waals surface area contributed by atoms with E-state index in [2.05, 4.69) is 30.1 Å². The third-order valence-corrected chi connectivity index (χ3v) is 5.30. The molecule has 0 saturated carbocycles. The lowest BCUT2D eigenvalue weighted by atomic mass is 10.0. The number of nitrogens with two attached hydrogens (primary N) is 1. The molecule has 0 unspecified atom stereocenters. The minimum atomic E-state index is -0.426. The molecule has 8 nitrogen and oxygen atoms in total. The Labute approximate surface area is 180 Å². The van der Waals surface area contributed by atoms with Crippen molar-refractivity contribution in [3.05, 3.63) is 73.2 Å². The molecule has 0 fully saturated rings. The zero-order valence-corrected chi connectivity index (χ0v) is 16.5. The lowest BCUT2D eigenvalue weighted by molar-refractivity contribution is 0.643. The quantitative estimate of drug-likeness (QED) is 0.390. The summed E-state index contributed by atoms with van der Waals surface area (Å²) in [6, 6.07) is 10.7. The maximum Gasteiger partial charge on any atom is 0.159 e. The number of pyridine rings is 3. The van der Waals surface area contributed by atoms with Crippen LogP contribution in [0.15, 0.2) is 67.4 Å². The lowest BCUT2D eigenvalue weighted by Crippen LogP contribution is -1.91. The van der Waals surface area contributed by atoms with Crippen LogP contribution in [-0.4, -0.2) is 35.1 Å². The van der Waals surface area contributed by atoms with Crippen molar-refractivity contribution in [3.63, 3.8) is 0 Å². The molecule has 0 aliphatic rings. The summed E-state index contributed by atoms with van der Waals surface area (Å²) in [6.07, 6.45) is 8.22. The van der Waals surface area contributed by atoms with Gasteiger partial charge in [0.25, 0.3) is 0 Å². The number of benzene rings is 1. The van der Waals surface area contributed by atoms with Crippen LogP contribution in [-0.2, 0) is 0 Å². The molecule has 32 heavy (non-hydrogen) atoms. The van der Waals surface area contributed by atoms with E-state index in [1.165, 1.54) is 6.20 Å². The molecular weight excluding hydrogens is 407 g/mol. The lowest BCUT2D eigenvalue weighted by Gasteiger charge is -2.05. The maximum absolute atomic E-state index is 15.7. The summed E-state index contributed by atoms with van der Waals surface area (Å²) >= 11 is 0. The normalized spacial score (nSPS) is 11.4. The van der Waals surface area contributed by atoms with E-state index in [0.29, 0.717) is 50.4 Å². The van der Waals surface area contributed by atoms with Gasteiger partial charge in [-0.15, -0.1) is 0 Å². The molecule has 0 aliphatic heterocycles. The SMILES string of the molecule is Nc1cncc(-c2ccc3[nH]nc(-c4nc5c(-c6cccnc6)nccc5[nH]4)c3c2F)c1. The molecule has 6 rings (SSSR count). The van der Waals surface area contributed by atoms with E-state index in [-0.39, 0.29) is 0 Å². The highest BCUT2D eigenvalue weighted by Gasteiger charge is 2.20. The first kappa shape index (κ1) is 18.1. The molecule has 5 heterocycles. The van der Waals surface area contributed by atoms with Gasteiger partial charge in [0.15, 0.2) is 5.82 Å². The van der Waals surface area contributed by atoms with Crippen LogP contribution in [0.3, 0.4) is 0 Å². The Hall–Kier alpha value is -4.66. The van der Waals surface area contributed by atoms with Crippen LogP contribution in [0, 0.1) is 5.82 Å². The summed E-state index contributed by atoms with van der Waals surface area (Å²) in [5.74, 6) is 0.0101. The minimum absolute atomic E-state index is 0.333. The van der Waals surface area contributed by atoms with Gasteiger partial charge in [0.1, 0.15) is 17.0 Å². The van der Waals surface area contributed by atoms with Crippen molar-refractivity contribution >= 4 is 27.6 Å². The third kappa shape index (κ3) is 2.79. The number of aromatic amines is 2. The van der Waals surface area contributed by atoms with Crippen molar-refractivity contribution in [2.75, 3.05) is 5.73 Å². The number of halogens is 1. The summed E-state index contributed by atoms with van der Waals surface area (Å²) in [4.78, 5) is 20.7. The van der Waals surface area contributed by atoms with Crippen LogP contribution >= 0.6 is 0 Å². The second-order valence-electron chi connectivity index (χ2n) is 7.31. The number of aromatic nitrogens is 7. The van der Waals surface area contributed by atoms with Crippen LogP contribution in [0.4, 0.5) is 10.1 Å². The number of imidazole rings is 1. The Morgan fingerprint density at radius 1 is 0.875 bits per heavy atom. The number of hydrogen-bond donors (Lipinski definition) is 3. The summed E-state index contributed by atoms with van der Waals surface area (Å²) in [7, 11) is 0. The largest absolute Gasteiger partial charge is 0.397 e. The molecule has 4 N–H and O–H groups in total. The number of H-pyrrole nitrogens is 2. The number of nitrogen functional groups attached to an aromatic ring is 1. The van der Waals surface area contributed by atoms with Crippen molar-refractivity contribution in [2.45, 2.75) is 0 Å². The summed E-state index contributed by atoms with van der Waals surface area (Å²) in [5, 5.41) is 7.57. The van der Waals surface area contributed by atoms with Gasteiger partial charge in [0.2, 0.25) is 0 Å².